The van der Waals surface area contributed by atoms with Crippen molar-refractivity contribution in [1.29, 1.82) is 5.26 Å². The maximum absolute atomic E-state index is 14.1. The largest absolute Gasteiger partial charge is 0.496 e. The van der Waals surface area contributed by atoms with E-state index in [-0.39, 0.29) is 17.8 Å². The van der Waals surface area contributed by atoms with Crippen LogP contribution in [0.15, 0.2) is 53.5 Å². The van der Waals surface area contributed by atoms with E-state index in [1.165, 1.54) is 13.2 Å². The van der Waals surface area contributed by atoms with Gasteiger partial charge in [-0.25, -0.2) is 4.39 Å². The molecular formula is C25H30FN5O2. The number of hydrogen-bond donors (Lipinski definition) is 3. The summed E-state index contributed by atoms with van der Waals surface area (Å²) in [6.07, 6.45) is 4.87. The minimum atomic E-state index is -0.400. The quantitative estimate of drug-likeness (QED) is 0.340. The maximum atomic E-state index is 14.1. The number of ether oxygens (including phenoxy) is 1. The zero-order chi connectivity index (χ0) is 23.7. The van der Waals surface area contributed by atoms with Gasteiger partial charge in [-0.3, -0.25) is 4.79 Å². The third kappa shape index (κ3) is 6.01. The van der Waals surface area contributed by atoms with Crippen molar-refractivity contribution in [3.8, 4) is 11.9 Å². The molecule has 0 unspecified atom stereocenters. The third-order valence-electron chi connectivity index (χ3n) is 6.17. The molecule has 7 nitrogen and oxygen atoms in total. The monoisotopic (exact) mass is 451 g/mol. The standard InChI is InChI=1S/C25H30FN5O2/c1-3-28-24(30-17-27)31-20-11-13-25(14-12-20,18-7-6-8-19(26)15-18)16-29-23(32)21-9-4-5-10-22(21)33-2/h4-10,15,20H,3,11-14,16H2,1-2H3,(H,29,32)(H2,28,30,31)/t20-,25-. The molecule has 3 rings (SSSR count). The summed E-state index contributed by atoms with van der Waals surface area (Å²) in [6, 6.07) is 13.8. The molecule has 1 amide bonds. The molecular weight excluding hydrogens is 421 g/mol. The lowest BCUT2D eigenvalue weighted by Gasteiger charge is -2.41. The highest BCUT2D eigenvalue weighted by Gasteiger charge is 2.38. The van der Waals surface area contributed by atoms with Gasteiger partial charge in [-0.15, -0.1) is 4.99 Å². The molecule has 1 saturated carbocycles. The minimum absolute atomic E-state index is 0.128. The van der Waals surface area contributed by atoms with Gasteiger partial charge in [0.05, 0.1) is 12.7 Å². The number of benzene rings is 2. The maximum Gasteiger partial charge on any atom is 0.255 e. The molecule has 0 spiro atoms. The average molecular weight is 452 g/mol. The van der Waals surface area contributed by atoms with E-state index in [9.17, 15) is 9.18 Å². The summed E-state index contributed by atoms with van der Waals surface area (Å²) in [5, 5.41) is 18.3. The van der Waals surface area contributed by atoms with E-state index in [2.05, 4.69) is 20.9 Å². The third-order valence-corrected chi connectivity index (χ3v) is 6.17. The summed E-state index contributed by atoms with van der Waals surface area (Å²) >= 11 is 0. The van der Waals surface area contributed by atoms with Gasteiger partial charge in [-0.1, -0.05) is 24.3 Å². The van der Waals surface area contributed by atoms with Crippen LogP contribution in [0.3, 0.4) is 0 Å². The number of halogens is 1. The van der Waals surface area contributed by atoms with E-state index in [0.29, 0.717) is 30.4 Å². The topological polar surface area (TPSA) is 98.5 Å². The lowest BCUT2D eigenvalue weighted by Crippen LogP contribution is -2.49. The highest BCUT2D eigenvalue weighted by atomic mass is 19.1. The first-order chi connectivity index (χ1) is 16.0. The number of carbonyl (C=O) groups is 1. The fraction of sp³-hybridized carbons (Fsp3) is 0.400. The lowest BCUT2D eigenvalue weighted by atomic mass is 9.68. The second-order valence-electron chi connectivity index (χ2n) is 8.18. The molecule has 1 aliphatic rings. The Morgan fingerprint density at radius 1 is 1.21 bits per heavy atom. The van der Waals surface area contributed by atoms with Crippen molar-refractivity contribution in [2.24, 2.45) is 4.99 Å². The summed E-state index contributed by atoms with van der Waals surface area (Å²) in [4.78, 5) is 16.7. The average Bonchev–Trinajstić information content (AvgIpc) is 2.84. The number of para-hydroxylation sites is 1. The summed E-state index contributed by atoms with van der Waals surface area (Å²) in [7, 11) is 1.53. The van der Waals surface area contributed by atoms with Gasteiger partial charge in [-0.05, 0) is 62.4 Å². The Morgan fingerprint density at radius 3 is 2.64 bits per heavy atom. The zero-order valence-electron chi connectivity index (χ0n) is 19.0. The second-order valence-corrected chi connectivity index (χ2v) is 8.18. The highest BCUT2D eigenvalue weighted by Crippen LogP contribution is 2.39. The van der Waals surface area contributed by atoms with E-state index in [4.69, 9.17) is 10.00 Å². The first kappa shape index (κ1) is 24.1. The van der Waals surface area contributed by atoms with E-state index in [1.54, 1.807) is 30.3 Å². The Kier molecular flexibility index (Phi) is 8.25. The van der Waals surface area contributed by atoms with Crippen molar-refractivity contribution in [2.75, 3.05) is 20.2 Å². The predicted molar refractivity (Wildman–Crippen MR) is 126 cm³/mol. The molecule has 0 atom stereocenters. The van der Waals surface area contributed by atoms with Crippen molar-refractivity contribution < 1.29 is 13.9 Å². The molecule has 33 heavy (non-hydrogen) atoms. The molecule has 1 fully saturated rings. The van der Waals surface area contributed by atoms with E-state index in [0.717, 1.165) is 31.2 Å². The van der Waals surface area contributed by atoms with Crippen molar-refractivity contribution in [1.82, 2.24) is 16.0 Å². The van der Waals surface area contributed by atoms with Crippen LogP contribution in [0.25, 0.3) is 0 Å². The molecule has 0 bridgehead atoms. The van der Waals surface area contributed by atoms with Gasteiger partial charge < -0.3 is 20.7 Å². The molecule has 2 aromatic rings. The first-order valence-corrected chi connectivity index (χ1v) is 11.2. The van der Waals surface area contributed by atoms with E-state index >= 15 is 0 Å². The fourth-order valence-corrected chi connectivity index (χ4v) is 4.41. The SMILES string of the molecule is CCN/C(=N\C#N)N[C@H]1CC[C@](CNC(=O)c2ccccc2OC)(c2cccc(F)c2)CC1. The molecule has 0 heterocycles. The number of rotatable bonds is 7. The second kappa shape index (κ2) is 11.3. The van der Waals surface area contributed by atoms with Gasteiger partial charge in [0.25, 0.3) is 5.91 Å². The molecule has 174 valence electrons. The van der Waals surface area contributed by atoms with Crippen LogP contribution >= 0.6 is 0 Å². The van der Waals surface area contributed by atoms with Gasteiger partial charge in [0.2, 0.25) is 12.2 Å². The molecule has 0 aliphatic heterocycles. The van der Waals surface area contributed by atoms with E-state index < -0.39 is 5.41 Å². The molecule has 8 heteroatoms. The predicted octanol–water partition coefficient (Wildman–Crippen LogP) is 3.48. The Bertz CT molecular complexity index is 1030. The molecule has 0 saturated heterocycles. The molecule has 1 aliphatic carbocycles. The fourth-order valence-electron chi connectivity index (χ4n) is 4.41. The number of hydrogen-bond acceptors (Lipinski definition) is 4. The number of guanidine groups is 1. The minimum Gasteiger partial charge on any atom is -0.496 e. The van der Waals surface area contributed by atoms with Crippen LogP contribution in [0.2, 0.25) is 0 Å². The first-order valence-electron chi connectivity index (χ1n) is 11.2. The number of nitriles is 1. The number of amides is 1. The van der Waals surface area contributed by atoms with Crippen LogP contribution in [0.4, 0.5) is 4.39 Å². The summed E-state index contributed by atoms with van der Waals surface area (Å²) in [5.74, 6) is 0.459. The van der Waals surface area contributed by atoms with Crippen molar-refractivity contribution >= 4 is 11.9 Å². The Morgan fingerprint density at radius 2 is 1.97 bits per heavy atom. The van der Waals surface area contributed by atoms with Crippen LogP contribution in [-0.2, 0) is 5.41 Å². The van der Waals surface area contributed by atoms with Gasteiger partial charge in [-0.2, -0.15) is 5.26 Å². The lowest BCUT2D eigenvalue weighted by molar-refractivity contribution is 0.0932. The van der Waals surface area contributed by atoms with Crippen LogP contribution in [-0.4, -0.2) is 38.1 Å². The van der Waals surface area contributed by atoms with Gasteiger partial charge >= 0.3 is 0 Å². The summed E-state index contributed by atoms with van der Waals surface area (Å²) in [6.45, 7) is 2.98. The van der Waals surface area contributed by atoms with Crippen LogP contribution in [0.1, 0.15) is 48.5 Å². The molecule has 0 radical (unpaired) electrons. The summed E-state index contributed by atoms with van der Waals surface area (Å²) < 4.78 is 19.4. The molecule has 0 aromatic heterocycles. The molecule has 3 N–H and O–H groups in total. The molecule has 2 aromatic carbocycles. The van der Waals surface area contributed by atoms with Crippen molar-refractivity contribution in [3.05, 3.63) is 65.5 Å². The number of nitrogens with one attached hydrogen (secondary N) is 3. The number of methoxy groups -OCH3 is 1. The van der Waals surface area contributed by atoms with Crippen molar-refractivity contribution in [3.63, 3.8) is 0 Å². The summed E-state index contributed by atoms with van der Waals surface area (Å²) in [5.41, 5.74) is 0.939. The smallest absolute Gasteiger partial charge is 0.255 e. The Labute approximate surface area is 194 Å². The van der Waals surface area contributed by atoms with Crippen molar-refractivity contribution in [2.45, 2.75) is 44.1 Å². The van der Waals surface area contributed by atoms with E-state index in [1.807, 2.05) is 25.2 Å². The Hall–Kier alpha value is -3.60. The Balaban J connectivity index is 1.76. The number of nitrogens with zero attached hydrogens (tertiary/aromatic N) is 2. The van der Waals surface area contributed by atoms with Crippen LogP contribution in [0.5, 0.6) is 5.75 Å². The number of aliphatic imine (C=N–C) groups is 1. The van der Waals surface area contributed by atoms with Gasteiger partial charge in [0.15, 0.2) is 0 Å². The van der Waals surface area contributed by atoms with Gasteiger partial charge in [0, 0.05) is 24.5 Å². The normalized spacial score (nSPS) is 20.4. The number of carbonyl (C=O) groups excluding carboxylic acids is 1. The van der Waals surface area contributed by atoms with Crippen LogP contribution < -0.4 is 20.7 Å². The highest BCUT2D eigenvalue weighted by molar-refractivity contribution is 5.97. The van der Waals surface area contributed by atoms with Gasteiger partial charge in [0.1, 0.15) is 11.6 Å². The zero-order valence-corrected chi connectivity index (χ0v) is 19.0. The van der Waals surface area contributed by atoms with Crippen LogP contribution in [0, 0.1) is 17.3 Å².